The normalized spacial score (nSPS) is 22.1. The second-order valence-corrected chi connectivity index (χ2v) is 5.50. The van der Waals surface area contributed by atoms with Gasteiger partial charge in [0, 0.05) is 23.7 Å². The Morgan fingerprint density at radius 3 is 2.85 bits per heavy atom. The maximum atomic E-state index is 12.5. The summed E-state index contributed by atoms with van der Waals surface area (Å²) in [4.78, 5) is 24.6. The van der Waals surface area contributed by atoms with Gasteiger partial charge in [-0.2, -0.15) is 0 Å². The molecule has 1 fully saturated rings. The molecule has 1 saturated heterocycles. The molecule has 7 heteroatoms. The van der Waals surface area contributed by atoms with Crippen molar-refractivity contribution in [2.75, 3.05) is 13.1 Å². The second kappa shape index (κ2) is 5.76. The lowest BCUT2D eigenvalue weighted by Crippen LogP contribution is -2.34. The van der Waals surface area contributed by atoms with E-state index in [1.807, 2.05) is 6.92 Å². The monoisotopic (exact) mass is 297 g/mol. The molecule has 1 aromatic rings. The minimum absolute atomic E-state index is 0.0228. The van der Waals surface area contributed by atoms with E-state index in [4.69, 9.17) is 17.3 Å². The Labute approximate surface area is 121 Å². The Morgan fingerprint density at radius 2 is 2.30 bits per heavy atom. The van der Waals surface area contributed by atoms with Crippen molar-refractivity contribution >= 4 is 23.2 Å². The lowest BCUT2D eigenvalue weighted by Gasteiger charge is -2.21. The van der Waals surface area contributed by atoms with Crippen LogP contribution in [0.1, 0.15) is 23.7 Å². The van der Waals surface area contributed by atoms with Gasteiger partial charge in [0.05, 0.1) is 4.92 Å². The molecule has 1 amide bonds. The highest BCUT2D eigenvalue weighted by molar-refractivity contribution is 6.31. The van der Waals surface area contributed by atoms with Gasteiger partial charge in [0.15, 0.2) is 0 Å². The minimum Gasteiger partial charge on any atom is -0.335 e. The maximum Gasteiger partial charge on any atom is 0.282 e. The lowest BCUT2D eigenvalue weighted by atomic mass is 10.1. The number of hydrogen-bond donors (Lipinski definition) is 1. The third-order valence-electron chi connectivity index (χ3n) is 3.64. The van der Waals surface area contributed by atoms with Crippen LogP contribution in [0.4, 0.5) is 5.69 Å². The van der Waals surface area contributed by atoms with Gasteiger partial charge >= 0.3 is 0 Å². The number of hydrogen-bond acceptors (Lipinski definition) is 4. The van der Waals surface area contributed by atoms with E-state index in [-0.39, 0.29) is 29.1 Å². The Kier molecular flexibility index (Phi) is 4.25. The smallest absolute Gasteiger partial charge is 0.282 e. The summed E-state index contributed by atoms with van der Waals surface area (Å²) in [5.74, 6) is -0.116. The van der Waals surface area contributed by atoms with E-state index in [0.29, 0.717) is 18.1 Å². The number of carbonyl (C=O) groups is 1. The van der Waals surface area contributed by atoms with E-state index in [9.17, 15) is 14.9 Å². The Bertz CT molecular complexity index is 550. The number of likely N-dealkylation sites (tertiary alicyclic amines) is 1. The predicted octanol–water partition coefficient (Wildman–Crippen LogP) is 2.06. The van der Waals surface area contributed by atoms with Crippen molar-refractivity contribution in [2.24, 2.45) is 11.7 Å². The second-order valence-electron chi connectivity index (χ2n) is 5.06. The summed E-state index contributed by atoms with van der Waals surface area (Å²) in [6.07, 6.45) is 0.816. The molecule has 20 heavy (non-hydrogen) atoms. The molecular weight excluding hydrogens is 282 g/mol. The van der Waals surface area contributed by atoms with Crippen molar-refractivity contribution in [2.45, 2.75) is 19.4 Å². The van der Waals surface area contributed by atoms with E-state index in [0.717, 1.165) is 6.42 Å². The van der Waals surface area contributed by atoms with Gasteiger partial charge in [0.2, 0.25) is 0 Å². The molecule has 1 aliphatic heterocycles. The summed E-state index contributed by atoms with van der Waals surface area (Å²) in [6.45, 7) is 2.95. The number of nitrogens with two attached hydrogens (primary N) is 1. The van der Waals surface area contributed by atoms with Crippen LogP contribution in [0.2, 0.25) is 5.02 Å². The summed E-state index contributed by atoms with van der Waals surface area (Å²) >= 11 is 5.85. The minimum atomic E-state index is -0.565. The van der Waals surface area contributed by atoms with Crippen molar-refractivity contribution in [3.63, 3.8) is 0 Å². The first-order valence-corrected chi connectivity index (χ1v) is 6.76. The molecule has 2 unspecified atom stereocenters. The van der Waals surface area contributed by atoms with Crippen molar-refractivity contribution in [3.05, 3.63) is 38.9 Å². The van der Waals surface area contributed by atoms with Crippen LogP contribution in [0, 0.1) is 16.0 Å². The topological polar surface area (TPSA) is 89.5 Å². The molecule has 2 rings (SSSR count). The van der Waals surface area contributed by atoms with Crippen LogP contribution in [0.15, 0.2) is 18.2 Å². The predicted molar refractivity (Wildman–Crippen MR) is 75.8 cm³/mol. The largest absolute Gasteiger partial charge is 0.335 e. The summed E-state index contributed by atoms with van der Waals surface area (Å²) in [7, 11) is 0. The van der Waals surface area contributed by atoms with E-state index in [2.05, 4.69) is 0 Å². The molecule has 6 nitrogen and oxygen atoms in total. The molecule has 0 aliphatic carbocycles. The van der Waals surface area contributed by atoms with Crippen LogP contribution in [0.5, 0.6) is 0 Å². The zero-order valence-electron chi connectivity index (χ0n) is 11.1. The molecule has 108 valence electrons. The zero-order chi connectivity index (χ0) is 14.9. The van der Waals surface area contributed by atoms with Crippen molar-refractivity contribution in [1.82, 2.24) is 4.90 Å². The first-order chi connectivity index (χ1) is 9.43. The Morgan fingerprint density at radius 1 is 1.60 bits per heavy atom. The van der Waals surface area contributed by atoms with Gasteiger partial charge in [-0.05, 0) is 37.9 Å². The number of carbonyl (C=O) groups excluding carboxylic acids is 1. The highest BCUT2D eigenvalue weighted by Gasteiger charge is 2.34. The fraction of sp³-hybridized carbons (Fsp3) is 0.462. The molecule has 0 bridgehead atoms. The van der Waals surface area contributed by atoms with Gasteiger partial charge in [0.1, 0.15) is 5.56 Å². The molecule has 0 spiro atoms. The van der Waals surface area contributed by atoms with Gasteiger partial charge in [-0.15, -0.1) is 0 Å². The Hall–Kier alpha value is -1.66. The SMILES string of the molecule is CC1CC(CN)CN1C(=O)c1cc(Cl)ccc1[N+](=O)[O-]. The molecule has 0 aromatic heterocycles. The van der Waals surface area contributed by atoms with E-state index < -0.39 is 4.92 Å². The molecular formula is C13H16ClN3O3. The third kappa shape index (κ3) is 2.76. The highest BCUT2D eigenvalue weighted by Crippen LogP contribution is 2.29. The molecule has 1 aromatic carbocycles. The average Bonchev–Trinajstić information content (AvgIpc) is 2.78. The lowest BCUT2D eigenvalue weighted by molar-refractivity contribution is -0.385. The van der Waals surface area contributed by atoms with Gasteiger partial charge in [-0.1, -0.05) is 11.6 Å². The van der Waals surface area contributed by atoms with Crippen LogP contribution in [0.3, 0.4) is 0 Å². The Balaban J connectivity index is 2.34. The number of benzene rings is 1. The number of rotatable bonds is 3. The van der Waals surface area contributed by atoms with Crippen LogP contribution in [0.25, 0.3) is 0 Å². The number of nitrogens with zero attached hydrogens (tertiary/aromatic N) is 2. The maximum absolute atomic E-state index is 12.5. The van der Waals surface area contributed by atoms with Crippen LogP contribution >= 0.6 is 11.6 Å². The number of nitro benzene ring substituents is 1. The van der Waals surface area contributed by atoms with Gasteiger partial charge in [0.25, 0.3) is 11.6 Å². The van der Waals surface area contributed by atoms with Gasteiger partial charge in [-0.25, -0.2) is 0 Å². The first-order valence-electron chi connectivity index (χ1n) is 6.39. The van der Waals surface area contributed by atoms with E-state index in [1.165, 1.54) is 18.2 Å². The van der Waals surface area contributed by atoms with Crippen molar-refractivity contribution in [3.8, 4) is 0 Å². The summed E-state index contributed by atoms with van der Waals surface area (Å²) in [5, 5.41) is 11.3. The van der Waals surface area contributed by atoms with E-state index >= 15 is 0 Å². The van der Waals surface area contributed by atoms with Gasteiger partial charge < -0.3 is 10.6 Å². The quantitative estimate of drug-likeness (QED) is 0.683. The van der Waals surface area contributed by atoms with E-state index in [1.54, 1.807) is 4.90 Å². The molecule has 1 heterocycles. The molecule has 2 atom stereocenters. The average molecular weight is 298 g/mol. The third-order valence-corrected chi connectivity index (χ3v) is 3.88. The zero-order valence-corrected chi connectivity index (χ0v) is 11.8. The van der Waals surface area contributed by atoms with Crippen LogP contribution < -0.4 is 5.73 Å². The summed E-state index contributed by atoms with van der Waals surface area (Å²) < 4.78 is 0. The highest BCUT2D eigenvalue weighted by atomic mass is 35.5. The number of amides is 1. The van der Waals surface area contributed by atoms with Crippen LogP contribution in [-0.2, 0) is 0 Å². The van der Waals surface area contributed by atoms with Gasteiger partial charge in [-0.3, -0.25) is 14.9 Å². The molecule has 2 N–H and O–H groups in total. The van der Waals surface area contributed by atoms with Crippen LogP contribution in [-0.4, -0.2) is 34.9 Å². The fourth-order valence-electron chi connectivity index (χ4n) is 2.59. The fourth-order valence-corrected chi connectivity index (χ4v) is 2.76. The first kappa shape index (κ1) is 14.7. The molecule has 0 saturated carbocycles. The molecule has 0 radical (unpaired) electrons. The number of nitro groups is 1. The van der Waals surface area contributed by atoms with Crippen molar-refractivity contribution < 1.29 is 9.72 Å². The summed E-state index contributed by atoms with van der Waals surface area (Å²) in [5.41, 5.74) is 5.45. The standard InChI is InChI=1S/C13H16ClN3O3/c1-8-4-9(6-15)7-16(8)13(18)11-5-10(14)2-3-12(11)17(19)20/h2-3,5,8-9H,4,6-7,15H2,1H3. The molecule has 1 aliphatic rings. The summed E-state index contributed by atoms with van der Waals surface area (Å²) in [6, 6.07) is 4.04. The number of halogens is 1. The van der Waals surface area contributed by atoms with Crippen molar-refractivity contribution in [1.29, 1.82) is 0 Å².